The number of hydrogen-bond acceptors (Lipinski definition) is 3. The van der Waals surface area contributed by atoms with Gasteiger partial charge in [-0.25, -0.2) is 8.42 Å². The van der Waals surface area contributed by atoms with Gasteiger partial charge < -0.3 is 5.73 Å². The highest BCUT2D eigenvalue weighted by Crippen LogP contribution is 2.49. The third kappa shape index (κ3) is 2.82. The van der Waals surface area contributed by atoms with Gasteiger partial charge in [0.15, 0.2) is 0 Å². The molecule has 112 valence electrons. The molecule has 0 aromatic heterocycles. The van der Waals surface area contributed by atoms with Crippen molar-refractivity contribution in [1.29, 1.82) is 0 Å². The van der Waals surface area contributed by atoms with Gasteiger partial charge in [-0.05, 0) is 37.5 Å². The highest BCUT2D eigenvalue weighted by Gasteiger charge is 2.65. The zero-order valence-electron chi connectivity index (χ0n) is 10.7. The first-order chi connectivity index (χ1) is 9.07. The van der Waals surface area contributed by atoms with E-state index >= 15 is 0 Å². The third-order valence-electron chi connectivity index (χ3n) is 3.32. The minimum atomic E-state index is -4.58. The topological polar surface area (TPSA) is 72.2 Å². The number of nitrogens with one attached hydrogen (secondary N) is 1. The number of hydrogen-bond donors (Lipinski definition) is 2. The quantitative estimate of drug-likeness (QED) is 0.894. The van der Waals surface area contributed by atoms with Crippen molar-refractivity contribution in [3.63, 3.8) is 0 Å². The first kappa shape index (κ1) is 15.3. The van der Waals surface area contributed by atoms with Crippen LogP contribution < -0.4 is 10.5 Å². The summed E-state index contributed by atoms with van der Waals surface area (Å²) in [5.41, 5.74) is 3.88. The number of halogens is 3. The van der Waals surface area contributed by atoms with Gasteiger partial charge in [0.2, 0.25) is 10.0 Å². The van der Waals surface area contributed by atoms with Crippen molar-refractivity contribution in [1.82, 2.24) is 4.72 Å². The van der Waals surface area contributed by atoms with E-state index in [1.54, 1.807) is 17.7 Å². The van der Waals surface area contributed by atoms with E-state index in [1.165, 1.54) is 18.2 Å². The molecule has 1 aromatic rings. The summed E-state index contributed by atoms with van der Waals surface area (Å²) in [6.45, 7) is 1.66. The van der Waals surface area contributed by atoms with Crippen LogP contribution in [0.1, 0.15) is 31.4 Å². The van der Waals surface area contributed by atoms with Gasteiger partial charge in [0, 0.05) is 6.04 Å². The molecule has 1 aromatic carbocycles. The molecular formula is C12H15F3N2O2S. The number of rotatable bonds is 4. The van der Waals surface area contributed by atoms with Crippen molar-refractivity contribution >= 4 is 10.0 Å². The Morgan fingerprint density at radius 1 is 1.35 bits per heavy atom. The van der Waals surface area contributed by atoms with Crippen LogP contribution in [0.25, 0.3) is 0 Å². The second-order valence-corrected chi connectivity index (χ2v) is 6.73. The Kier molecular flexibility index (Phi) is 3.60. The summed E-state index contributed by atoms with van der Waals surface area (Å²) < 4.78 is 64.3. The second kappa shape index (κ2) is 4.71. The Bertz CT molecular complexity index is 607. The molecule has 4 nitrogen and oxygen atoms in total. The van der Waals surface area contributed by atoms with Crippen molar-refractivity contribution < 1.29 is 21.6 Å². The van der Waals surface area contributed by atoms with E-state index in [0.29, 0.717) is 5.56 Å². The lowest BCUT2D eigenvalue weighted by Gasteiger charge is -2.21. The largest absolute Gasteiger partial charge is 0.407 e. The molecule has 0 saturated heterocycles. The number of alkyl halides is 3. The van der Waals surface area contributed by atoms with E-state index in [1.807, 2.05) is 0 Å². The summed E-state index contributed by atoms with van der Waals surface area (Å²) in [6, 6.07) is 5.23. The van der Waals surface area contributed by atoms with Crippen molar-refractivity contribution in [3.8, 4) is 0 Å². The number of nitrogens with two attached hydrogens (primary N) is 1. The fourth-order valence-corrected chi connectivity index (χ4v) is 3.35. The average molecular weight is 308 g/mol. The smallest absolute Gasteiger partial charge is 0.324 e. The molecule has 1 aliphatic rings. The van der Waals surface area contributed by atoms with Crippen LogP contribution in [0.2, 0.25) is 0 Å². The van der Waals surface area contributed by atoms with Gasteiger partial charge in [-0.2, -0.15) is 17.9 Å². The summed E-state index contributed by atoms with van der Waals surface area (Å²) in [4.78, 5) is -0.206. The molecule has 2 rings (SSSR count). The highest BCUT2D eigenvalue weighted by molar-refractivity contribution is 7.89. The van der Waals surface area contributed by atoms with E-state index in [0.717, 1.165) is 0 Å². The van der Waals surface area contributed by atoms with E-state index in [-0.39, 0.29) is 17.7 Å². The summed E-state index contributed by atoms with van der Waals surface area (Å²) in [5, 5.41) is 0. The highest BCUT2D eigenvalue weighted by atomic mass is 32.2. The molecule has 20 heavy (non-hydrogen) atoms. The molecule has 0 heterocycles. The Labute approximate surface area is 115 Å². The maximum absolute atomic E-state index is 12.8. The van der Waals surface area contributed by atoms with Gasteiger partial charge in [-0.3, -0.25) is 0 Å². The van der Waals surface area contributed by atoms with E-state index in [9.17, 15) is 21.6 Å². The maximum Gasteiger partial charge on any atom is 0.407 e. The minimum Gasteiger partial charge on any atom is -0.324 e. The first-order valence-corrected chi connectivity index (χ1v) is 7.52. The lowest BCUT2D eigenvalue weighted by molar-refractivity contribution is -0.160. The van der Waals surface area contributed by atoms with Crippen LogP contribution in [0.5, 0.6) is 0 Å². The van der Waals surface area contributed by atoms with Crippen molar-refractivity contribution in [2.75, 3.05) is 0 Å². The van der Waals surface area contributed by atoms with Crippen LogP contribution in [-0.2, 0) is 10.0 Å². The van der Waals surface area contributed by atoms with Crippen LogP contribution in [-0.4, -0.2) is 20.1 Å². The molecule has 0 radical (unpaired) electrons. The third-order valence-corrected chi connectivity index (χ3v) is 4.85. The fourth-order valence-electron chi connectivity index (χ4n) is 1.85. The molecule has 1 atom stereocenters. The van der Waals surface area contributed by atoms with Gasteiger partial charge in [-0.1, -0.05) is 12.1 Å². The lowest BCUT2D eigenvalue weighted by atomic mass is 10.1. The molecule has 0 amide bonds. The van der Waals surface area contributed by atoms with E-state index in [2.05, 4.69) is 0 Å². The predicted molar refractivity (Wildman–Crippen MR) is 67.4 cm³/mol. The first-order valence-electron chi connectivity index (χ1n) is 6.04. The Morgan fingerprint density at radius 2 is 1.95 bits per heavy atom. The predicted octanol–water partition coefficient (Wildman–Crippen LogP) is 2.08. The van der Waals surface area contributed by atoms with Crippen molar-refractivity contribution in [3.05, 3.63) is 29.8 Å². The Hall–Kier alpha value is -1.12. The van der Waals surface area contributed by atoms with Crippen LogP contribution in [0.15, 0.2) is 29.2 Å². The summed E-state index contributed by atoms with van der Waals surface area (Å²) in [5.74, 6) is 0. The van der Waals surface area contributed by atoms with E-state index < -0.39 is 27.8 Å². The van der Waals surface area contributed by atoms with Gasteiger partial charge in [0.05, 0.1) is 4.90 Å². The van der Waals surface area contributed by atoms with Gasteiger partial charge in [-0.15, -0.1) is 0 Å². The van der Waals surface area contributed by atoms with Gasteiger partial charge >= 0.3 is 6.18 Å². The molecule has 0 spiro atoms. The second-order valence-electron chi connectivity index (χ2n) is 5.05. The Morgan fingerprint density at radius 3 is 2.40 bits per heavy atom. The normalized spacial score (nSPS) is 19.6. The van der Waals surface area contributed by atoms with Crippen molar-refractivity contribution in [2.24, 2.45) is 5.73 Å². The minimum absolute atomic E-state index is 0.206. The molecular weight excluding hydrogens is 293 g/mol. The molecule has 8 heteroatoms. The molecule has 1 fully saturated rings. The number of benzene rings is 1. The molecule has 0 aliphatic heterocycles. The zero-order chi connectivity index (χ0) is 15.2. The van der Waals surface area contributed by atoms with Crippen LogP contribution in [0, 0.1) is 0 Å². The van der Waals surface area contributed by atoms with Gasteiger partial charge in [0.25, 0.3) is 0 Å². The monoisotopic (exact) mass is 308 g/mol. The van der Waals surface area contributed by atoms with Crippen molar-refractivity contribution in [2.45, 2.75) is 42.4 Å². The standard InChI is InChI=1S/C12H15F3N2O2S/c1-8(16)9-3-2-4-10(7-9)20(18,19)17-11(5-6-11)12(13,14)15/h2-4,7-8,17H,5-6,16H2,1H3. The molecule has 1 aliphatic carbocycles. The maximum atomic E-state index is 12.8. The van der Waals surface area contributed by atoms with Gasteiger partial charge in [0.1, 0.15) is 5.54 Å². The average Bonchev–Trinajstić information content (AvgIpc) is 3.09. The molecule has 1 saturated carbocycles. The summed E-state index contributed by atoms with van der Waals surface area (Å²) >= 11 is 0. The fraction of sp³-hybridized carbons (Fsp3) is 0.500. The number of sulfonamides is 1. The lowest BCUT2D eigenvalue weighted by Crippen LogP contribution is -2.47. The summed E-state index contributed by atoms with van der Waals surface area (Å²) in [6.07, 6.45) is -5.05. The molecule has 0 bridgehead atoms. The van der Waals surface area contributed by atoms with Crippen LogP contribution >= 0.6 is 0 Å². The Balaban J connectivity index is 2.30. The van der Waals surface area contributed by atoms with Crippen LogP contribution in [0.4, 0.5) is 13.2 Å². The zero-order valence-corrected chi connectivity index (χ0v) is 11.6. The summed E-state index contributed by atoms with van der Waals surface area (Å²) in [7, 11) is -4.22. The SMILES string of the molecule is CC(N)c1cccc(S(=O)(=O)NC2(C(F)(F)F)CC2)c1. The van der Waals surface area contributed by atoms with Crippen LogP contribution in [0.3, 0.4) is 0 Å². The molecule has 3 N–H and O–H groups in total. The molecule has 1 unspecified atom stereocenters. The van der Waals surface area contributed by atoms with E-state index in [4.69, 9.17) is 5.73 Å².